The number of aromatic nitrogens is 2. The van der Waals surface area contributed by atoms with E-state index in [1.807, 2.05) is 0 Å². The fraction of sp³-hybridized carbons (Fsp3) is 0.231. The first-order valence-corrected chi connectivity index (χ1v) is 5.40. The molecule has 0 N–H and O–H groups in total. The van der Waals surface area contributed by atoms with Gasteiger partial charge in [0.1, 0.15) is 5.75 Å². The van der Waals surface area contributed by atoms with Crippen molar-refractivity contribution in [1.82, 2.24) is 9.55 Å². The molecule has 0 bridgehead atoms. The minimum absolute atomic E-state index is 0.0282. The van der Waals surface area contributed by atoms with Crippen LogP contribution in [0.1, 0.15) is 6.42 Å². The summed E-state index contributed by atoms with van der Waals surface area (Å²) >= 11 is 0. The van der Waals surface area contributed by atoms with Crippen LogP contribution in [0.15, 0.2) is 42.0 Å². The maximum atomic E-state index is 12.1. The lowest BCUT2D eigenvalue weighted by Gasteiger charge is -2.05. The second kappa shape index (κ2) is 4.82. The SMILES string of the molecule is C=CCCn1cnc2cc(OC)ccc2c1=O. The molecule has 1 aromatic heterocycles. The van der Waals surface area contributed by atoms with E-state index in [-0.39, 0.29) is 5.56 Å². The van der Waals surface area contributed by atoms with Crippen molar-refractivity contribution in [1.29, 1.82) is 0 Å². The van der Waals surface area contributed by atoms with Crippen LogP contribution in [-0.4, -0.2) is 16.7 Å². The van der Waals surface area contributed by atoms with Crippen molar-refractivity contribution in [3.63, 3.8) is 0 Å². The van der Waals surface area contributed by atoms with Crippen LogP contribution in [-0.2, 0) is 6.54 Å². The highest BCUT2D eigenvalue weighted by atomic mass is 16.5. The van der Waals surface area contributed by atoms with Gasteiger partial charge >= 0.3 is 0 Å². The molecule has 2 aromatic rings. The largest absolute Gasteiger partial charge is 0.497 e. The number of fused-ring (bicyclic) bond motifs is 1. The molecule has 0 saturated carbocycles. The second-order valence-corrected chi connectivity index (χ2v) is 3.70. The van der Waals surface area contributed by atoms with Gasteiger partial charge in [-0.3, -0.25) is 9.36 Å². The van der Waals surface area contributed by atoms with Gasteiger partial charge in [-0.25, -0.2) is 4.98 Å². The number of methoxy groups -OCH3 is 1. The first kappa shape index (κ1) is 11.4. The molecule has 0 aliphatic carbocycles. The van der Waals surface area contributed by atoms with Gasteiger partial charge in [0.2, 0.25) is 0 Å². The molecule has 0 saturated heterocycles. The van der Waals surface area contributed by atoms with Crippen molar-refractivity contribution in [2.24, 2.45) is 0 Å². The second-order valence-electron chi connectivity index (χ2n) is 3.70. The minimum Gasteiger partial charge on any atom is -0.497 e. The van der Waals surface area contributed by atoms with E-state index in [1.54, 1.807) is 42.3 Å². The summed E-state index contributed by atoms with van der Waals surface area (Å²) in [5.74, 6) is 0.702. The zero-order valence-electron chi connectivity index (χ0n) is 9.72. The highest BCUT2D eigenvalue weighted by Crippen LogP contribution is 2.15. The minimum atomic E-state index is -0.0282. The van der Waals surface area contributed by atoms with Gasteiger partial charge in [0.05, 0.1) is 24.3 Å². The van der Waals surface area contributed by atoms with Crippen molar-refractivity contribution >= 4 is 10.9 Å². The highest BCUT2D eigenvalue weighted by molar-refractivity contribution is 5.78. The molecule has 0 unspecified atom stereocenters. The highest BCUT2D eigenvalue weighted by Gasteiger charge is 2.04. The fourth-order valence-electron chi connectivity index (χ4n) is 1.65. The summed E-state index contributed by atoms with van der Waals surface area (Å²) < 4.78 is 6.69. The van der Waals surface area contributed by atoms with Crippen LogP contribution in [0.3, 0.4) is 0 Å². The molecule has 0 aliphatic heterocycles. The molecule has 4 nitrogen and oxygen atoms in total. The van der Waals surface area contributed by atoms with E-state index in [0.29, 0.717) is 23.2 Å². The van der Waals surface area contributed by atoms with E-state index in [2.05, 4.69) is 11.6 Å². The van der Waals surface area contributed by atoms with Crippen LogP contribution in [0, 0.1) is 0 Å². The van der Waals surface area contributed by atoms with E-state index in [4.69, 9.17) is 4.74 Å². The van der Waals surface area contributed by atoms with Crippen molar-refractivity contribution in [2.75, 3.05) is 7.11 Å². The molecule has 2 rings (SSSR count). The molecular formula is C13H14N2O2. The molecule has 4 heteroatoms. The molecular weight excluding hydrogens is 216 g/mol. The summed E-state index contributed by atoms with van der Waals surface area (Å²) in [7, 11) is 1.59. The van der Waals surface area contributed by atoms with Crippen LogP contribution >= 0.6 is 0 Å². The van der Waals surface area contributed by atoms with E-state index in [0.717, 1.165) is 6.42 Å². The fourth-order valence-corrected chi connectivity index (χ4v) is 1.65. The van der Waals surface area contributed by atoms with Crippen LogP contribution in [0.2, 0.25) is 0 Å². The first-order valence-electron chi connectivity index (χ1n) is 5.40. The average Bonchev–Trinajstić information content (AvgIpc) is 2.37. The zero-order valence-corrected chi connectivity index (χ0v) is 9.72. The van der Waals surface area contributed by atoms with E-state index < -0.39 is 0 Å². The Bertz CT molecular complexity index is 602. The standard InChI is InChI=1S/C13H14N2O2/c1-3-4-7-15-9-14-12-8-10(17-2)5-6-11(12)13(15)16/h3,5-6,8-9H,1,4,7H2,2H3. The third-order valence-corrected chi connectivity index (χ3v) is 2.61. The van der Waals surface area contributed by atoms with Gasteiger partial charge < -0.3 is 4.74 Å². The zero-order chi connectivity index (χ0) is 12.3. The number of hydrogen-bond acceptors (Lipinski definition) is 3. The molecule has 0 atom stereocenters. The average molecular weight is 230 g/mol. The first-order chi connectivity index (χ1) is 8.26. The Labute approximate surface area is 99.2 Å². The number of hydrogen-bond donors (Lipinski definition) is 0. The normalized spacial score (nSPS) is 10.4. The quantitative estimate of drug-likeness (QED) is 0.754. The Balaban J connectivity index is 2.52. The van der Waals surface area contributed by atoms with E-state index >= 15 is 0 Å². The lowest BCUT2D eigenvalue weighted by atomic mass is 10.2. The molecule has 0 fully saturated rings. The summed E-state index contributed by atoms with van der Waals surface area (Å²) in [6.07, 6.45) is 4.10. The Morgan fingerprint density at radius 3 is 3.06 bits per heavy atom. The lowest BCUT2D eigenvalue weighted by molar-refractivity contribution is 0.415. The Morgan fingerprint density at radius 2 is 2.35 bits per heavy atom. The van der Waals surface area contributed by atoms with E-state index in [1.165, 1.54) is 0 Å². The van der Waals surface area contributed by atoms with Crippen LogP contribution in [0.5, 0.6) is 5.75 Å². The van der Waals surface area contributed by atoms with Gasteiger partial charge in [0.15, 0.2) is 0 Å². The van der Waals surface area contributed by atoms with Crippen molar-refractivity contribution in [3.8, 4) is 5.75 Å². The van der Waals surface area contributed by atoms with Crippen molar-refractivity contribution < 1.29 is 4.74 Å². The monoisotopic (exact) mass is 230 g/mol. The molecule has 1 aromatic carbocycles. The molecule has 0 spiro atoms. The summed E-state index contributed by atoms with van der Waals surface area (Å²) in [6, 6.07) is 5.27. The number of nitrogens with zero attached hydrogens (tertiary/aromatic N) is 2. The maximum absolute atomic E-state index is 12.1. The Kier molecular flexibility index (Phi) is 3.23. The molecule has 1 heterocycles. The van der Waals surface area contributed by atoms with Crippen LogP contribution in [0.4, 0.5) is 0 Å². The van der Waals surface area contributed by atoms with Gasteiger partial charge in [0, 0.05) is 12.6 Å². The summed E-state index contributed by atoms with van der Waals surface area (Å²) in [5, 5.41) is 0.609. The maximum Gasteiger partial charge on any atom is 0.261 e. The number of aryl methyl sites for hydroxylation is 1. The van der Waals surface area contributed by atoms with Crippen molar-refractivity contribution in [2.45, 2.75) is 13.0 Å². The van der Waals surface area contributed by atoms with Crippen molar-refractivity contribution in [3.05, 3.63) is 47.5 Å². The molecule has 88 valence electrons. The van der Waals surface area contributed by atoms with Gasteiger partial charge in [-0.15, -0.1) is 6.58 Å². The van der Waals surface area contributed by atoms with Gasteiger partial charge in [0.25, 0.3) is 5.56 Å². The number of allylic oxidation sites excluding steroid dienone is 1. The summed E-state index contributed by atoms with van der Waals surface area (Å²) in [5.41, 5.74) is 0.628. The summed E-state index contributed by atoms with van der Waals surface area (Å²) in [4.78, 5) is 16.3. The third-order valence-electron chi connectivity index (χ3n) is 2.61. The smallest absolute Gasteiger partial charge is 0.261 e. The van der Waals surface area contributed by atoms with Gasteiger partial charge in [-0.1, -0.05) is 6.08 Å². The lowest BCUT2D eigenvalue weighted by Crippen LogP contribution is -2.20. The number of rotatable bonds is 4. The molecule has 0 amide bonds. The number of ether oxygens (including phenoxy) is 1. The Morgan fingerprint density at radius 1 is 1.53 bits per heavy atom. The Hall–Kier alpha value is -2.10. The topological polar surface area (TPSA) is 44.1 Å². The van der Waals surface area contributed by atoms with E-state index in [9.17, 15) is 4.79 Å². The summed E-state index contributed by atoms with van der Waals surface area (Å²) in [6.45, 7) is 4.25. The predicted molar refractivity (Wildman–Crippen MR) is 67.4 cm³/mol. The molecule has 17 heavy (non-hydrogen) atoms. The predicted octanol–water partition coefficient (Wildman–Crippen LogP) is 1.98. The van der Waals surface area contributed by atoms with Gasteiger partial charge in [-0.2, -0.15) is 0 Å². The van der Waals surface area contributed by atoms with Crippen LogP contribution in [0.25, 0.3) is 10.9 Å². The van der Waals surface area contributed by atoms with Gasteiger partial charge in [-0.05, 0) is 18.6 Å². The molecule has 0 aliphatic rings. The molecule has 0 radical (unpaired) electrons. The third kappa shape index (κ3) is 2.20. The number of benzene rings is 1. The van der Waals surface area contributed by atoms with Crippen LogP contribution < -0.4 is 10.3 Å².